The summed E-state index contributed by atoms with van der Waals surface area (Å²) in [6.07, 6.45) is 4.67. The third kappa shape index (κ3) is 8.87. The van der Waals surface area contributed by atoms with Crippen LogP contribution in [0.15, 0.2) is 36.0 Å². The number of hydrogen-bond donors (Lipinski definition) is 2. The van der Waals surface area contributed by atoms with Crippen LogP contribution < -0.4 is 10.6 Å². The number of halogens is 1. The fraction of sp³-hybridized carbons (Fsp3) is 0.474. The SMILES string of the molecule is CCCCOCCCNC(=O)/C(C#N)=C\NCCc1ccccc1F. The molecule has 136 valence electrons. The largest absolute Gasteiger partial charge is 0.389 e. The Kier molecular flexibility index (Phi) is 10.7. The number of carbonyl (C=O) groups excluding carboxylic acids is 1. The lowest BCUT2D eigenvalue weighted by Gasteiger charge is -2.06. The van der Waals surface area contributed by atoms with Crippen LogP contribution in [-0.4, -0.2) is 32.2 Å². The van der Waals surface area contributed by atoms with Crippen LogP contribution in [0.2, 0.25) is 0 Å². The standard InChI is InChI=1S/C19H26FN3O2/c1-2-3-12-25-13-6-10-23-19(24)17(14-21)15-22-11-9-16-7-4-5-8-18(16)20/h4-5,7-8,15,22H,2-3,6,9-13H2,1H3,(H,23,24)/b17-15-. The number of benzene rings is 1. The number of ether oxygens (including phenoxy) is 1. The Hall–Kier alpha value is -2.39. The molecule has 0 aliphatic rings. The summed E-state index contributed by atoms with van der Waals surface area (Å²) in [5, 5.41) is 14.6. The van der Waals surface area contributed by atoms with Gasteiger partial charge in [0.1, 0.15) is 17.5 Å². The topological polar surface area (TPSA) is 74.1 Å². The minimum Gasteiger partial charge on any atom is -0.389 e. The first-order chi connectivity index (χ1) is 12.2. The number of nitrogens with one attached hydrogen (secondary N) is 2. The van der Waals surface area contributed by atoms with Gasteiger partial charge in [0.05, 0.1) is 0 Å². The number of rotatable bonds is 12. The summed E-state index contributed by atoms with van der Waals surface area (Å²) in [7, 11) is 0. The number of amides is 1. The summed E-state index contributed by atoms with van der Waals surface area (Å²) < 4.78 is 18.9. The zero-order chi connectivity index (χ0) is 18.3. The number of hydrogen-bond acceptors (Lipinski definition) is 4. The van der Waals surface area contributed by atoms with Crippen LogP contribution in [-0.2, 0) is 16.0 Å². The number of carbonyl (C=O) groups is 1. The van der Waals surface area contributed by atoms with E-state index in [9.17, 15) is 9.18 Å². The fourth-order valence-electron chi connectivity index (χ4n) is 2.05. The molecule has 6 heteroatoms. The molecule has 1 amide bonds. The van der Waals surface area contributed by atoms with E-state index < -0.39 is 5.91 Å². The Bertz CT molecular complexity index is 597. The van der Waals surface area contributed by atoms with Gasteiger partial charge in [-0.3, -0.25) is 4.79 Å². The average Bonchev–Trinajstić information content (AvgIpc) is 2.62. The first-order valence-electron chi connectivity index (χ1n) is 8.62. The van der Waals surface area contributed by atoms with Crippen LogP contribution >= 0.6 is 0 Å². The van der Waals surface area contributed by atoms with Crippen molar-refractivity contribution in [1.29, 1.82) is 5.26 Å². The molecule has 0 saturated heterocycles. The van der Waals surface area contributed by atoms with Crippen LogP contribution in [0, 0.1) is 17.1 Å². The zero-order valence-electron chi connectivity index (χ0n) is 14.7. The molecule has 0 atom stereocenters. The van der Waals surface area contributed by atoms with Gasteiger partial charge in [0.25, 0.3) is 5.91 Å². The smallest absolute Gasteiger partial charge is 0.263 e. The van der Waals surface area contributed by atoms with Crippen molar-refractivity contribution in [3.05, 3.63) is 47.4 Å². The number of unbranched alkanes of at least 4 members (excludes halogenated alkanes) is 1. The van der Waals surface area contributed by atoms with Crippen molar-refractivity contribution < 1.29 is 13.9 Å². The third-order valence-corrected chi connectivity index (χ3v) is 3.50. The van der Waals surface area contributed by atoms with Gasteiger partial charge in [-0.2, -0.15) is 5.26 Å². The molecule has 5 nitrogen and oxygen atoms in total. The van der Waals surface area contributed by atoms with Crippen molar-refractivity contribution >= 4 is 5.91 Å². The summed E-state index contributed by atoms with van der Waals surface area (Å²) in [4.78, 5) is 11.9. The average molecular weight is 347 g/mol. The minimum absolute atomic E-state index is 0.000403. The van der Waals surface area contributed by atoms with Gasteiger partial charge in [0.15, 0.2) is 0 Å². The minimum atomic E-state index is -0.422. The van der Waals surface area contributed by atoms with Crippen molar-refractivity contribution in [2.75, 3.05) is 26.3 Å². The molecule has 0 heterocycles. The highest BCUT2D eigenvalue weighted by Crippen LogP contribution is 2.06. The van der Waals surface area contributed by atoms with E-state index in [4.69, 9.17) is 10.00 Å². The first-order valence-corrected chi connectivity index (χ1v) is 8.62. The second-order valence-electron chi connectivity index (χ2n) is 5.54. The molecule has 25 heavy (non-hydrogen) atoms. The molecule has 1 rings (SSSR count). The van der Waals surface area contributed by atoms with E-state index >= 15 is 0 Å². The van der Waals surface area contributed by atoms with Crippen molar-refractivity contribution in [3.8, 4) is 6.07 Å². The number of nitriles is 1. The summed E-state index contributed by atoms with van der Waals surface area (Å²) in [5.74, 6) is -0.679. The quantitative estimate of drug-likeness (QED) is 0.346. The summed E-state index contributed by atoms with van der Waals surface area (Å²) >= 11 is 0. The van der Waals surface area contributed by atoms with E-state index in [0.29, 0.717) is 38.1 Å². The van der Waals surface area contributed by atoms with E-state index in [1.54, 1.807) is 18.2 Å². The molecule has 0 bridgehead atoms. The highest BCUT2D eigenvalue weighted by atomic mass is 19.1. The molecule has 1 aromatic carbocycles. The van der Waals surface area contributed by atoms with Gasteiger partial charge in [-0.05, 0) is 30.9 Å². The molecular weight excluding hydrogens is 321 g/mol. The molecule has 2 N–H and O–H groups in total. The highest BCUT2D eigenvalue weighted by Gasteiger charge is 2.07. The predicted molar refractivity (Wildman–Crippen MR) is 95.2 cm³/mol. The molecule has 0 aromatic heterocycles. The van der Waals surface area contributed by atoms with Gasteiger partial charge < -0.3 is 15.4 Å². The molecule has 0 aliphatic carbocycles. The summed E-state index contributed by atoms with van der Waals surface area (Å²) in [5.41, 5.74) is 0.592. The van der Waals surface area contributed by atoms with E-state index in [0.717, 1.165) is 19.4 Å². The van der Waals surface area contributed by atoms with Crippen molar-refractivity contribution in [2.24, 2.45) is 0 Å². The Balaban J connectivity index is 2.25. The second-order valence-corrected chi connectivity index (χ2v) is 5.54. The summed E-state index contributed by atoms with van der Waals surface area (Å²) in [6, 6.07) is 8.39. The molecule has 1 aromatic rings. The van der Waals surface area contributed by atoms with Gasteiger partial charge in [0.2, 0.25) is 0 Å². The number of nitrogens with zero attached hydrogens (tertiary/aromatic N) is 1. The Labute approximate surface area is 148 Å². The van der Waals surface area contributed by atoms with E-state index in [1.165, 1.54) is 12.3 Å². The van der Waals surface area contributed by atoms with Gasteiger partial charge in [-0.15, -0.1) is 0 Å². The highest BCUT2D eigenvalue weighted by molar-refractivity contribution is 5.97. The summed E-state index contributed by atoms with van der Waals surface area (Å²) in [6.45, 7) is 4.32. The normalized spacial score (nSPS) is 11.0. The Morgan fingerprint density at radius 1 is 1.28 bits per heavy atom. The maximum Gasteiger partial charge on any atom is 0.263 e. The van der Waals surface area contributed by atoms with Crippen molar-refractivity contribution in [3.63, 3.8) is 0 Å². The maximum atomic E-state index is 13.5. The molecule has 0 radical (unpaired) electrons. The van der Waals surface area contributed by atoms with Crippen LogP contribution in [0.25, 0.3) is 0 Å². The predicted octanol–water partition coefficient (Wildman–Crippen LogP) is 2.69. The van der Waals surface area contributed by atoms with Crippen molar-refractivity contribution in [1.82, 2.24) is 10.6 Å². The molecule has 0 fully saturated rings. The monoisotopic (exact) mass is 347 g/mol. The maximum absolute atomic E-state index is 13.5. The van der Waals surface area contributed by atoms with Crippen LogP contribution in [0.1, 0.15) is 31.7 Å². The lowest BCUT2D eigenvalue weighted by atomic mass is 10.1. The van der Waals surface area contributed by atoms with Crippen LogP contribution in [0.4, 0.5) is 4.39 Å². The first kappa shape index (κ1) is 20.7. The molecular formula is C19H26FN3O2. The molecule has 0 aliphatic heterocycles. The zero-order valence-corrected chi connectivity index (χ0v) is 14.7. The lowest BCUT2D eigenvalue weighted by Crippen LogP contribution is -2.27. The second kappa shape index (κ2) is 13.0. The van der Waals surface area contributed by atoms with Crippen LogP contribution in [0.5, 0.6) is 0 Å². The molecule has 0 spiro atoms. The van der Waals surface area contributed by atoms with Crippen molar-refractivity contribution in [2.45, 2.75) is 32.6 Å². The third-order valence-electron chi connectivity index (χ3n) is 3.50. The van der Waals surface area contributed by atoms with E-state index in [-0.39, 0.29) is 11.4 Å². The van der Waals surface area contributed by atoms with Gasteiger partial charge >= 0.3 is 0 Å². The Morgan fingerprint density at radius 3 is 2.76 bits per heavy atom. The van der Waals surface area contributed by atoms with Gasteiger partial charge in [0, 0.05) is 32.5 Å². The fourth-order valence-corrected chi connectivity index (χ4v) is 2.05. The van der Waals surface area contributed by atoms with E-state index in [1.807, 2.05) is 6.07 Å². The Morgan fingerprint density at radius 2 is 2.04 bits per heavy atom. The molecule has 0 unspecified atom stereocenters. The van der Waals surface area contributed by atoms with Gasteiger partial charge in [-0.1, -0.05) is 31.5 Å². The van der Waals surface area contributed by atoms with Crippen LogP contribution in [0.3, 0.4) is 0 Å². The lowest BCUT2D eigenvalue weighted by molar-refractivity contribution is -0.117. The molecule has 0 saturated carbocycles. The van der Waals surface area contributed by atoms with Gasteiger partial charge in [-0.25, -0.2) is 4.39 Å². The van der Waals surface area contributed by atoms with E-state index in [2.05, 4.69) is 17.6 Å².